The number of carbonyl (C=O) groups excluding carboxylic acids is 1. The number of nitrogens with two attached hydrogens (primary N) is 2. The lowest BCUT2D eigenvalue weighted by atomic mass is 10.1. The first-order chi connectivity index (χ1) is 9.38. The number of anilines is 2. The van der Waals surface area contributed by atoms with E-state index < -0.39 is 5.91 Å². The van der Waals surface area contributed by atoms with Crippen LogP contribution in [0, 0.1) is 13.8 Å². The number of rotatable bonds is 4. The summed E-state index contributed by atoms with van der Waals surface area (Å²) in [7, 11) is 0. The van der Waals surface area contributed by atoms with Crippen LogP contribution in [0.5, 0.6) is 0 Å². The number of thiophene rings is 1. The highest BCUT2D eigenvalue weighted by Crippen LogP contribution is 2.30. The molecule has 0 radical (unpaired) electrons. The molecule has 0 spiro atoms. The van der Waals surface area contributed by atoms with Gasteiger partial charge in [0.1, 0.15) is 0 Å². The number of primary amides is 1. The summed E-state index contributed by atoms with van der Waals surface area (Å²) in [6.45, 7) is 6.31. The van der Waals surface area contributed by atoms with E-state index in [1.807, 2.05) is 0 Å². The third-order valence-electron chi connectivity index (χ3n) is 3.25. The van der Waals surface area contributed by atoms with E-state index in [0.29, 0.717) is 11.3 Å². The fraction of sp³-hybridized carbons (Fsp3) is 0.267. The number of benzene rings is 1. The average molecular weight is 289 g/mol. The Bertz CT molecular complexity index is 649. The molecule has 5 N–H and O–H groups in total. The molecule has 2 rings (SSSR count). The van der Waals surface area contributed by atoms with Crippen LogP contribution in [0.3, 0.4) is 0 Å². The topological polar surface area (TPSA) is 81.1 Å². The zero-order valence-corrected chi connectivity index (χ0v) is 12.7. The Balaban J connectivity index is 2.22. The van der Waals surface area contributed by atoms with E-state index in [0.717, 1.165) is 5.69 Å². The summed E-state index contributed by atoms with van der Waals surface area (Å²) in [6.07, 6.45) is 0. The lowest BCUT2D eigenvalue weighted by molar-refractivity contribution is 0.100. The van der Waals surface area contributed by atoms with Gasteiger partial charge in [-0.1, -0.05) is 0 Å². The van der Waals surface area contributed by atoms with Crippen molar-refractivity contribution in [2.45, 2.75) is 26.8 Å². The van der Waals surface area contributed by atoms with Crippen LogP contribution in [0.15, 0.2) is 24.3 Å². The number of hydrogen-bond acceptors (Lipinski definition) is 4. The standard InChI is InChI=1S/C15H19N3OS/c1-8-6-12(10(3)20-8)9(2)18-14-5-4-11(15(17)19)7-13(14)16/h4-7,9,18H,16H2,1-3H3,(H2,17,19). The van der Waals surface area contributed by atoms with Crippen molar-refractivity contribution in [2.75, 3.05) is 11.1 Å². The van der Waals surface area contributed by atoms with Crippen molar-refractivity contribution in [2.24, 2.45) is 5.73 Å². The van der Waals surface area contributed by atoms with Crippen LogP contribution in [0.4, 0.5) is 11.4 Å². The van der Waals surface area contributed by atoms with Crippen LogP contribution in [0.2, 0.25) is 0 Å². The monoisotopic (exact) mass is 289 g/mol. The van der Waals surface area contributed by atoms with Crippen LogP contribution < -0.4 is 16.8 Å². The van der Waals surface area contributed by atoms with E-state index in [9.17, 15) is 4.79 Å². The van der Waals surface area contributed by atoms with Crippen molar-refractivity contribution in [3.05, 3.63) is 45.1 Å². The Labute approximate surface area is 122 Å². The second-order valence-electron chi connectivity index (χ2n) is 4.90. The molecule has 1 heterocycles. The summed E-state index contributed by atoms with van der Waals surface area (Å²) < 4.78 is 0. The van der Waals surface area contributed by atoms with Crippen LogP contribution in [-0.2, 0) is 0 Å². The summed E-state index contributed by atoms with van der Waals surface area (Å²) in [5.74, 6) is -0.472. The van der Waals surface area contributed by atoms with E-state index in [2.05, 4.69) is 32.2 Å². The van der Waals surface area contributed by atoms with Gasteiger partial charge >= 0.3 is 0 Å². The van der Waals surface area contributed by atoms with E-state index >= 15 is 0 Å². The zero-order chi connectivity index (χ0) is 14.9. The van der Waals surface area contributed by atoms with Crippen molar-refractivity contribution in [1.29, 1.82) is 0 Å². The van der Waals surface area contributed by atoms with Gasteiger partial charge in [0.2, 0.25) is 5.91 Å². The molecule has 0 bridgehead atoms. The average Bonchev–Trinajstić information content (AvgIpc) is 2.70. The summed E-state index contributed by atoms with van der Waals surface area (Å²) in [5.41, 5.74) is 14.2. The fourth-order valence-corrected chi connectivity index (χ4v) is 3.26. The minimum Gasteiger partial charge on any atom is -0.397 e. The normalized spacial score (nSPS) is 12.2. The number of carbonyl (C=O) groups is 1. The lowest BCUT2D eigenvalue weighted by Gasteiger charge is -2.17. The number of hydrogen-bond donors (Lipinski definition) is 3. The number of nitrogens with one attached hydrogen (secondary N) is 1. The maximum Gasteiger partial charge on any atom is 0.248 e. The Morgan fingerprint density at radius 1 is 1.30 bits per heavy atom. The molecule has 1 atom stereocenters. The molecule has 106 valence electrons. The summed E-state index contributed by atoms with van der Waals surface area (Å²) in [5, 5.41) is 3.38. The first kappa shape index (κ1) is 14.4. The Hall–Kier alpha value is -2.01. The largest absolute Gasteiger partial charge is 0.397 e. The van der Waals surface area contributed by atoms with Gasteiger partial charge in [0, 0.05) is 21.4 Å². The molecule has 2 aromatic rings. The molecule has 0 fully saturated rings. The molecule has 4 nitrogen and oxygen atoms in total. The highest BCUT2D eigenvalue weighted by molar-refractivity contribution is 7.12. The summed E-state index contributed by atoms with van der Waals surface area (Å²) in [6, 6.07) is 7.41. The van der Waals surface area contributed by atoms with Crippen molar-refractivity contribution in [1.82, 2.24) is 0 Å². The van der Waals surface area contributed by atoms with Gasteiger partial charge in [0.25, 0.3) is 0 Å². The Kier molecular flexibility index (Phi) is 3.99. The highest BCUT2D eigenvalue weighted by Gasteiger charge is 2.13. The summed E-state index contributed by atoms with van der Waals surface area (Å²) in [4.78, 5) is 13.7. The molecule has 5 heteroatoms. The Morgan fingerprint density at radius 3 is 2.50 bits per heavy atom. The summed E-state index contributed by atoms with van der Waals surface area (Å²) >= 11 is 1.79. The third-order valence-corrected chi connectivity index (χ3v) is 4.24. The molecule has 0 saturated carbocycles. The van der Waals surface area contributed by atoms with Crippen LogP contribution in [-0.4, -0.2) is 5.91 Å². The second kappa shape index (κ2) is 5.54. The van der Waals surface area contributed by atoms with E-state index in [-0.39, 0.29) is 6.04 Å². The molecule has 1 amide bonds. The SMILES string of the molecule is Cc1cc(C(C)Nc2ccc(C(N)=O)cc2N)c(C)s1. The minimum atomic E-state index is -0.472. The van der Waals surface area contributed by atoms with E-state index in [1.165, 1.54) is 15.3 Å². The van der Waals surface area contributed by atoms with Gasteiger partial charge in [0.05, 0.1) is 11.4 Å². The van der Waals surface area contributed by atoms with Gasteiger partial charge in [-0.15, -0.1) is 11.3 Å². The van der Waals surface area contributed by atoms with Gasteiger partial charge in [-0.05, 0) is 50.6 Å². The molecule has 1 aromatic heterocycles. The van der Waals surface area contributed by atoms with Crippen molar-refractivity contribution < 1.29 is 4.79 Å². The smallest absolute Gasteiger partial charge is 0.248 e. The molecule has 1 unspecified atom stereocenters. The maximum atomic E-state index is 11.1. The fourth-order valence-electron chi connectivity index (χ4n) is 2.24. The predicted molar refractivity (Wildman–Crippen MR) is 85.2 cm³/mol. The van der Waals surface area contributed by atoms with Gasteiger partial charge in [-0.3, -0.25) is 4.79 Å². The maximum absolute atomic E-state index is 11.1. The molecule has 1 aromatic carbocycles. The molecule has 0 aliphatic rings. The molecule has 0 saturated heterocycles. The molecule has 20 heavy (non-hydrogen) atoms. The van der Waals surface area contributed by atoms with Gasteiger partial charge < -0.3 is 16.8 Å². The molecular formula is C15H19N3OS. The van der Waals surface area contributed by atoms with Gasteiger partial charge in [0.15, 0.2) is 0 Å². The van der Waals surface area contributed by atoms with Gasteiger partial charge in [-0.2, -0.15) is 0 Å². The quantitative estimate of drug-likeness (QED) is 0.756. The number of nitrogen functional groups attached to an aromatic ring is 1. The first-order valence-corrected chi connectivity index (χ1v) is 7.23. The molecular weight excluding hydrogens is 270 g/mol. The molecule has 0 aliphatic carbocycles. The van der Waals surface area contributed by atoms with Gasteiger partial charge in [-0.25, -0.2) is 0 Å². The Morgan fingerprint density at radius 2 is 2.00 bits per heavy atom. The lowest BCUT2D eigenvalue weighted by Crippen LogP contribution is -2.13. The van der Waals surface area contributed by atoms with Crippen molar-refractivity contribution in [3.63, 3.8) is 0 Å². The minimum absolute atomic E-state index is 0.154. The van der Waals surface area contributed by atoms with Crippen LogP contribution in [0.1, 0.15) is 38.6 Å². The van der Waals surface area contributed by atoms with Crippen LogP contribution >= 0.6 is 11.3 Å². The first-order valence-electron chi connectivity index (χ1n) is 6.41. The second-order valence-corrected chi connectivity index (χ2v) is 6.36. The zero-order valence-electron chi connectivity index (χ0n) is 11.9. The number of amides is 1. The van der Waals surface area contributed by atoms with Crippen molar-refractivity contribution >= 4 is 28.6 Å². The van der Waals surface area contributed by atoms with Crippen molar-refractivity contribution in [3.8, 4) is 0 Å². The van der Waals surface area contributed by atoms with Crippen LogP contribution in [0.25, 0.3) is 0 Å². The number of aryl methyl sites for hydroxylation is 2. The van der Waals surface area contributed by atoms with E-state index in [1.54, 1.807) is 29.5 Å². The molecule has 0 aliphatic heterocycles. The third kappa shape index (κ3) is 2.93. The van der Waals surface area contributed by atoms with E-state index in [4.69, 9.17) is 11.5 Å². The highest BCUT2D eigenvalue weighted by atomic mass is 32.1. The predicted octanol–water partition coefficient (Wildman–Crippen LogP) is 3.22.